The standard InChI is InChI=1S/C34H30BrF3N2O5/c35-29-10-5-4-9-28(29)30-33(21-23-7-2-1-3-8-23,32(42)39-22-24-11-15-27(16-12-24)45-34(36,37)38)40-31(44-30)25-13-17-26(18-14-25)43-20-6-19-41/h1-5,7-18,30,41H,6,19-22H2,(H,39,42)/t30-,33-/m1/s1. The van der Waals surface area contributed by atoms with Crippen molar-refractivity contribution in [3.8, 4) is 11.5 Å². The molecule has 0 aliphatic carbocycles. The zero-order chi connectivity index (χ0) is 31.9. The molecule has 0 fully saturated rings. The third kappa shape index (κ3) is 8.03. The molecule has 234 valence electrons. The van der Waals surface area contributed by atoms with Crippen molar-refractivity contribution in [2.75, 3.05) is 13.2 Å². The van der Waals surface area contributed by atoms with Crippen molar-refractivity contribution in [1.82, 2.24) is 5.32 Å². The van der Waals surface area contributed by atoms with Crippen molar-refractivity contribution < 1.29 is 37.3 Å². The SMILES string of the molecule is O=C(NCc1ccc(OC(F)(F)F)cc1)[C@]1(Cc2ccccc2)N=C(c2ccc(OCCCO)cc2)O[C@@H]1c1ccccc1Br. The van der Waals surface area contributed by atoms with Gasteiger partial charge in [0.1, 0.15) is 11.5 Å². The lowest BCUT2D eigenvalue weighted by Crippen LogP contribution is -2.49. The largest absolute Gasteiger partial charge is 0.573 e. The number of aliphatic hydroxyl groups excluding tert-OH is 1. The Morgan fingerprint density at radius 1 is 0.911 bits per heavy atom. The molecule has 5 rings (SSSR count). The monoisotopic (exact) mass is 682 g/mol. The second-order valence-electron chi connectivity index (χ2n) is 10.3. The van der Waals surface area contributed by atoms with E-state index < -0.39 is 23.9 Å². The van der Waals surface area contributed by atoms with Crippen LogP contribution < -0.4 is 14.8 Å². The van der Waals surface area contributed by atoms with Gasteiger partial charge in [-0.25, -0.2) is 4.99 Å². The maximum absolute atomic E-state index is 14.3. The van der Waals surface area contributed by atoms with Crippen LogP contribution in [0.1, 0.15) is 34.8 Å². The molecule has 1 amide bonds. The molecular weight excluding hydrogens is 653 g/mol. The highest BCUT2D eigenvalue weighted by Gasteiger charge is 2.53. The van der Waals surface area contributed by atoms with Gasteiger partial charge in [0.2, 0.25) is 5.90 Å². The predicted molar refractivity (Wildman–Crippen MR) is 166 cm³/mol. The van der Waals surface area contributed by atoms with E-state index in [2.05, 4.69) is 26.0 Å². The summed E-state index contributed by atoms with van der Waals surface area (Å²) in [6, 6.07) is 29.4. The second-order valence-corrected chi connectivity index (χ2v) is 11.2. The number of amides is 1. The molecule has 0 aromatic heterocycles. The first-order chi connectivity index (χ1) is 21.7. The molecule has 1 aliphatic rings. The van der Waals surface area contributed by atoms with Crippen LogP contribution in [0, 0.1) is 0 Å². The summed E-state index contributed by atoms with van der Waals surface area (Å²) in [5.74, 6) is 0.127. The minimum absolute atomic E-state index is 0.0303. The Balaban J connectivity index is 1.49. The molecule has 45 heavy (non-hydrogen) atoms. The van der Waals surface area contributed by atoms with Gasteiger partial charge in [-0.3, -0.25) is 4.79 Å². The van der Waals surface area contributed by atoms with Crippen LogP contribution in [0.4, 0.5) is 13.2 Å². The maximum Gasteiger partial charge on any atom is 0.573 e. The fraction of sp³-hybridized carbons (Fsp3) is 0.235. The number of benzene rings is 4. The first-order valence-corrected chi connectivity index (χ1v) is 15.0. The van der Waals surface area contributed by atoms with Crippen molar-refractivity contribution in [3.63, 3.8) is 0 Å². The molecule has 11 heteroatoms. The fourth-order valence-corrected chi connectivity index (χ4v) is 5.49. The van der Waals surface area contributed by atoms with Gasteiger partial charge in [-0.1, -0.05) is 76.6 Å². The van der Waals surface area contributed by atoms with E-state index in [0.717, 1.165) is 15.6 Å². The van der Waals surface area contributed by atoms with E-state index in [9.17, 15) is 18.0 Å². The fourth-order valence-electron chi connectivity index (χ4n) is 5.00. The highest BCUT2D eigenvalue weighted by Crippen LogP contribution is 2.44. The van der Waals surface area contributed by atoms with Crippen LogP contribution in [0.15, 0.2) is 113 Å². The Bertz CT molecular complexity index is 1620. The highest BCUT2D eigenvalue weighted by molar-refractivity contribution is 9.10. The predicted octanol–water partition coefficient (Wildman–Crippen LogP) is 6.92. The van der Waals surface area contributed by atoms with Crippen molar-refractivity contribution in [2.24, 2.45) is 4.99 Å². The van der Waals surface area contributed by atoms with E-state index in [-0.39, 0.29) is 31.2 Å². The summed E-state index contributed by atoms with van der Waals surface area (Å²) in [5.41, 5.74) is 1.35. The molecule has 7 nitrogen and oxygen atoms in total. The molecule has 0 unspecified atom stereocenters. The first kappa shape index (κ1) is 32.1. The molecule has 1 heterocycles. The van der Waals surface area contributed by atoms with E-state index >= 15 is 0 Å². The summed E-state index contributed by atoms with van der Waals surface area (Å²) >= 11 is 3.62. The zero-order valence-corrected chi connectivity index (χ0v) is 25.6. The van der Waals surface area contributed by atoms with Gasteiger partial charge < -0.3 is 24.6 Å². The average Bonchev–Trinajstić information content (AvgIpc) is 3.41. The molecular formula is C34H30BrF3N2O5. The molecule has 2 N–H and O–H groups in total. The third-order valence-electron chi connectivity index (χ3n) is 7.14. The smallest absolute Gasteiger partial charge is 0.494 e. The number of ether oxygens (including phenoxy) is 3. The topological polar surface area (TPSA) is 89.4 Å². The summed E-state index contributed by atoms with van der Waals surface area (Å²) in [4.78, 5) is 19.3. The van der Waals surface area contributed by atoms with Gasteiger partial charge in [0.25, 0.3) is 5.91 Å². The number of rotatable bonds is 12. The summed E-state index contributed by atoms with van der Waals surface area (Å²) in [6.07, 6.45) is -4.92. The summed E-state index contributed by atoms with van der Waals surface area (Å²) in [6.45, 7) is 0.438. The van der Waals surface area contributed by atoms with Crippen molar-refractivity contribution in [1.29, 1.82) is 0 Å². The normalized spacial score (nSPS) is 17.7. The first-order valence-electron chi connectivity index (χ1n) is 14.2. The number of aliphatic imine (C=N–C) groups is 1. The van der Waals surface area contributed by atoms with Gasteiger partial charge in [0, 0.05) is 41.6 Å². The lowest BCUT2D eigenvalue weighted by molar-refractivity contribution is -0.274. The molecule has 4 aromatic carbocycles. The molecule has 2 atom stereocenters. The second kappa shape index (κ2) is 14.2. The zero-order valence-electron chi connectivity index (χ0n) is 24.0. The van der Waals surface area contributed by atoms with Crippen molar-refractivity contribution >= 4 is 27.7 Å². The van der Waals surface area contributed by atoms with Gasteiger partial charge in [-0.15, -0.1) is 13.2 Å². The van der Waals surface area contributed by atoms with E-state index in [1.165, 1.54) is 24.3 Å². The molecule has 0 radical (unpaired) electrons. The van der Waals surface area contributed by atoms with Gasteiger partial charge in [-0.05, 0) is 53.6 Å². The minimum atomic E-state index is -4.80. The number of hydrogen-bond acceptors (Lipinski definition) is 6. The van der Waals surface area contributed by atoms with Gasteiger partial charge in [0.05, 0.1) is 6.61 Å². The Labute approximate surface area is 266 Å². The lowest BCUT2D eigenvalue weighted by atomic mass is 9.82. The molecule has 1 aliphatic heterocycles. The summed E-state index contributed by atoms with van der Waals surface area (Å²) < 4.78 is 54.7. The van der Waals surface area contributed by atoms with E-state index in [4.69, 9.17) is 19.6 Å². The van der Waals surface area contributed by atoms with Crippen LogP contribution >= 0.6 is 15.9 Å². The molecule has 0 bridgehead atoms. The van der Waals surface area contributed by atoms with Crippen molar-refractivity contribution in [3.05, 3.63) is 130 Å². The minimum Gasteiger partial charge on any atom is -0.494 e. The number of carbonyl (C=O) groups is 1. The van der Waals surface area contributed by atoms with Gasteiger partial charge in [-0.2, -0.15) is 0 Å². The number of hydrogen-bond donors (Lipinski definition) is 2. The van der Waals surface area contributed by atoms with E-state index in [1.54, 1.807) is 24.3 Å². The number of alkyl halides is 3. The van der Waals surface area contributed by atoms with Gasteiger partial charge in [0.15, 0.2) is 11.6 Å². The van der Waals surface area contributed by atoms with Crippen LogP contribution in [0.25, 0.3) is 0 Å². The molecule has 4 aromatic rings. The number of halogens is 4. The summed E-state index contributed by atoms with van der Waals surface area (Å²) in [5, 5.41) is 12.0. The Kier molecular flexibility index (Phi) is 10.1. The lowest BCUT2D eigenvalue weighted by Gasteiger charge is -2.31. The molecule has 0 saturated carbocycles. The van der Waals surface area contributed by atoms with Crippen LogP contribution in [-0.4, -0.2) is 42.0 Å². The average molecular weight is 684 g/mol. The Hall–Kier alpha value is -4.35. The maximum atomic E-state index is 14.3. The highest BCUT2D eigenvalue weighted by atomic mass is 79.9. The van der Waals surface area contributed by atoms with Crippen molar-refractivity contribution in [2.45, 2.75) is 37.4 Å². The number of nitrogens with zero attached hydrogens (tertiary/aromatic N) is 1. The number of aliphatic hydroxyl groups is 1. The van der Waals surface area contributed by atoms with Crippen LogP contribution in [0.3, 0.4) is 0 Å². The number of nitrogens with one attached hydrogen (secondary N) is 1. The number of carbonyl (C=O) groups excluding carboxylic acids is 1. The van der Waals surface area contributed by atoms with Crippen LogP contribution in [0.2, 0.25) is 0 Å². The Morgan fingerprint density at radius 2 is 1.58 bits per heavy atom. The van der Waals surface area contributed by atoms with E-state index in [0.29, 0.717) is 29.9 Å². The molecule has 0 spiro atoms. The van der Waals surface area contributed by atoms with Crippen LogP contribution in [-0.2, 0) is 22.5 Å². The van der Waals surface area contributed by atoms with E-state index in [1.807, 2.05) is 54.6 Å². The third-order valence-corrected chi connectivity index (χ3v) is 7.87. The quantitative estimate of drug-likeness (QED) is 0.158. The summed E-state index contributed by atoms with van der Waals surface area (Å²) in [7, 11) is 0. The van der Waals surface area contributed by atoms with Crippen LogP contribution in [0.5, 0.6) is 11.5 Å². The molecule has 0 saturated heterocycles. The van der Waals surface area contributed by atoms with Gasteiger partial charge >= 0.3 is 6.36 Å². The Morgan fingerprint density at radius 3 is 2.24 bits per heavy atom.